The molecule has 1 saturated heterocycles. The van der Waals surface area contributed by atoms with E-state index in [1.807, 2.05) is 12.1 Å². The number of rotatable bonds is 4. The van der Waals surface area contributed by atoms with E-state index in [0.717, 1.165) is 48.6 Å². The number of amides is 1. The van der Waals surface area contributed by atoms with E-state index in [9.17, 15) is 9.90 Å². The molecule has 0 aliphatic carbocycles. The first-order chi connectivity index (χ1) is 13.7. The van der Waals surface area contributed by atoms with Crippen LogP contribution >= 0.6 is 0 Å². The Hall–Kier alpha value is -3.13. The molecule has 2 aliphatic heterocycles. The highest BCUT2D eigenvalue weighted by Crippen LogP contribution is 2.39. The van der Waals surface area contributed by atoms with Gasteiger partial charge in [-0.15, -0.1) is 0 Å². The first-order valence-electron chi connectivity index (χ1n) is 9.52. The number of nitrogens with zero attached hydrogens (tertiary/aromatic N) is 4. The van der Waals surface area contributed by atoms with Crippen LogP contribution in [0.4, 0.5) is 11.4 Å². The number of aliphatic hydroxyl groups is 1. The fraction of sp³-hybridized carbons (Fsp3) is 0.350. The Bertz CT molecular complexity index is 1040. The van der Waals surface area contributed by atoms with Gasteiger partial charge in [0.05, 0.1) is 24.2 Å². The summed E-state index contributed by atoms with van der Waals surface area (Å²) in [6.07, 6.45) is 7.60. The molecule has 0 radical (unpaired) electrons. The van der Waals surface area contributed by atoms with Gasteiger partial charge in [-0.1, -0.05) is 0 Å². The number of carbonyl (C=O) groups is 1. The highest BCUT2D eigenvalue weighted by Gasteiger charge is 2.27. The minimum absolute atomic E-state index is 0.0243. The van der Waals surface area contributed by atoms with Gasteiger partial charge in [-0.3, -0.25) is 4.79 Å². The summed E-state index contributed by atoms with van der Waals surface area (Å²) in [5, 5.41) is 16.7. The molecule has 0 spiro atoms. The predicted octanol–water partition coefficient (Wildman–Crippen LogP) is 1.88. The number of benzene rings is 1. The van der Waals surface area contributed by atoms with E-state index in [1.54, 1.807) is 23.0 Å². The zero-order valence-corrected chi connectivity index (χ0v) is 15.3. The van der Waals surface area contributed by atoms with Crippen LogP contribution in [0.1, 0.15) is 28.8 Å². The van der Waals surface area contributed by atoms with E-state index in [1.165, 1.54) is 6.20 Å². The maximum atomic E-state index is 13.0. The minimum Gasteiger partial charge on any atom is -0.487 e. The topological polar surface area (TPSA) is 92.0 Å². The summed E-state index contributed by atoms with van der Waals surface area (Å²) >= 11 is 0. The molecule has 144 valence electrons. The van der Waals surface area contributed by atoms with E-state index in [2.05, 4.69) is 20.3 Å². The average Bonchev–Trinajstić information content (AvgIpc) is 3.45. The molecule has 1 amide bonds. The molecule has 8 nitrogen and oxygen atoms in total. The summed E-state index contributed by atoms with van der Waals surface area (Å²) in [5.41, 5.74) is 3.65. The molecule has 2 aromatic heterocycles. The van der Waals surface area contributed by atoms with Crippen LogP contribution in [0.5, 0.6) is 5.75 Å². The number of aliphatic hydroxyl groups excluding tert-OH is 1. The molecule has 1 atom stereocenters. The zero-order chi connectivity index (χ0) is 19.1. The van der Waals surface area contributed by atoms with Crippen LogP contribution in [0.15, 0.2) is 36.8 Å². The largest absolute Gasteiger partial charge is 0.487 e. The van der Waals surface area contributed by atoms with Crippen LogP contribution in [-0.2, 0) is 6.42 Å². The van der Waals surface area contributed by atoms with Crippen LogP contribution in [0, 0.1) is 0 Å². The van der Waals surface area contributed by atoms with Crippen molar-refractivity contribution in [1.82, 2.24) is 14.6 Å². The van der Waals surface area contributed by atoms with Gasteiger partial charge in [0, 0.05) is 43.5 Å². The van der Waals surface area contributed by atoms with Gasteiger partial charge in [0.25, 0.3) is 5.91 Å². The van der Waals surface area contributed by atoms with Gasteiger partial charge < -0.3 is 20.1 Å². The quantitative estimate of drug-likeness (QED) is 0.719. The van der Waals surface area contributed by atoms with Crippen LogP contribution in [0.25, 0.3) is 5.65 Å². The van der Waals surface area contributed by atoms with Crippen molar-refractivity contribution in [1.29, 1.82) is 0 Å². The Balaban J connectivity index is 1.50. The van der Waals surface area contributed by atoms with Gasteiger partial charge in [0.15, 0.2) is 5.65 Å². The molecule has 0 bridgehead atoms. The molecule has 1 aromatic carbocycles. The second kappa shape index (κ2) is 6.79. The number of ether oxygens (including phenoxy) is 1. The Kier molecular flexibility index (Phi) is 4.12. The minimum atomic E-state index is -0.244. The fourth-order valence-electron chi connectivity index (χ4n) is 3.95. The molecule has 1 fully saturated rings. The summed E-state index contributed by atoms with van der Waals surface area (Å²) in [4.78, 5) is 19.5. The lowest BCUT2D eigenvalue weighted by atomic mass is 10.1. The van der Waals surface area contributed by atoms with Crippen molar-refractivity contribution in [3.05, 3.63) is 47.9 Å². The molecule has 2 N–H and O–H groups in total. The molecule has 5 rings (SSSR count). The molecule has 28 heavy (non-hydrogen) atoms. The third kappa shape index (κ3) is 2.86. The highest BCUT2D eigenvalue weighted by molar-refractivity contribution is 6.09. The zero-order valence-electron chi connectivity index (χ0n) is 15.3. The second-order valence-corrected chi connectivity index (χ2v) is 7.20. The summed E-state index contributed by atoms with van der Waals surface area (Å²) in [6.45, 7) is 1.87. The predicted molar refractivity (Wildman–Crippen MR) is 104 cm³/mol. The van der Waals surface area contributed by atoms with Crippen molar-refractivity contribution < 1.29 is 14.6 Å². The number of carbonyl (C=O) groups excluding carboxylic acids is 1. The van der Waals surface area contributed by atoms with E-state index >= 15 is 0 Å². The molecule has 8 heteroatoms. The monoisotopic (exact) mass is 379 g/mol. The fourth-order valence-corrected chi connectivity index (χ4v) is 3.95. The molecular weight excluding hydrogens is 358 g/mol. The van der Waals surface area contributed by atoms with Gasteiger partial charge in [0.2, 0.25) is 0 Å². The molecule has 2 aliphatic rings. The second-order valence-electron chi connectivity index (χ2n) is 7.20. The van der Waals surface area contributed by atoms with Gasteiger partial charge in [-0.25, -0.2) is 9.50 Å². The summed E-state index contributed by atoms with van der Waals surface area (Å²) in [5.74, 6) is 0.545. The van der Waals surface area contributed by atoms with Crippen molar-refractivity contribution in [3.8, 4) is 5.75 Å². The van der Waals surface area contributed by atoms with E-state index in [4.69, 9.17) is 4.74 Å². The lowest BCUT2D eigenvalue weighted by Gasteiger charge is -2.22. The van der Waals surface area contributed by atoms with Crippen molar-refractivity contribution in [2.75, 3.05) is 29.9 Å². The lowest BCUT2D eigenvalue weighted by molar-refractivity contribution is 0.102. The normalized spacial score (nSPS) is 18.3. The molecule has 1 unspecified atom stereocenters. The van der Waals surface area contributed by atoms with E-state index < -0.39 is 0 Å². The van der Waals surface area contributed by atoms with E-state index in [0.29, 0.717) is 17.6 Å². The molecule has 0 saturated carbocycles. The molecule has 3 aromatic rings. The van der Waals surface area contributed by atoms with Crippen LogP contribution < -0.4 is 15.0 Å². The summed E-state index contributed by atoms with van der Waals surface area (Å²) < 4.78 is 7.42. The van der Waals surface area contributed by atoms with Crippen molar-refractivity contribution in [3.63, 3.8) is 0 Å². The maximum absolute atomic E-state index is 13.0. The van der Waals surface area contributed by atoms with Crippen molar-refractivity contribution in [2.45, 2.75) is 25.4 Å². The Morgan fingerprint density at radius 3 is 3.00 bits per heavy atom. The number of hydrogen-bond donors (Lipinski definition) is 2. The number of fused-ring (bicyclic) bond motifs is 2. The first-order valence-corrected chi connectivity index (χ1v) is 9.52. The third-order valence-corrected chi connectivity index (χ3v) is 5.34. The number of nitrogens with one attached hydrogen (secondary N) is 1. The maximum Gasteiger partial charge on any atom is 0.261 e. The lowest BCUT2D eigenvalue weighted by Crippen LogP contribution is -2.21. The SMILES string of the molecule is O=C(Nc1cc2c(cc1N1CCCC1)OC(CO)C2)c1cnn2cccnc12. The molecular formula is C20H21N5O3. The smallest absolute Gasteiger partial charge is 0.261 e. The summed E-state index contributed by atoms with van der Waals surface area (Å²) in [7, 11) is 0. The highest BCUT2D eigenvalue weighted by atomic mass is 16.5. The third-order valence-electron chi connectivity index (χ3n) is 5.34. The van der Waals surface area contributed by atoms with Gasteiger partial charge >= 0.3 is 0 Å². The Morgan fingerprint density at radius 2 is 2.18 bits per heavy atom. The van der Waals surface area contributed by atoms with Crippen LogP contribution in [0.2, 0.25) is 0 Å². The number of aromatic nitrogens is 3. The van der Waals surface area contributed by atoms with Crippen LogP contribution in [-0.4, -0.2) is 51.4 Å². The van der Waals surface area contributed by atoms with Crippen molar-refractivity contribution in [2.24, 2.45) is 0 Å². The van der Waals surface area contributed by atoms with Crippen molar-refractivity contribution >= 4 is 22.9 Å². The number of anilines is 2. The van der Waals surface area contributed by atoms with Gasteiger partial charge in [0.1, 0.15) is 17.4 Å². The summed E-state index contributed by atoms with van der Waals surface area (Å²) in [6, 6.07) is 5.72. The van der Waals surface area contributed by atoms with Gasteiger partial charge in [-0.2, -0.15) is 5.10 Å². The first kappa shape index (κ1) is 17.0. The van der Waals surface area contributed by atoms with Gasteiger partial charge in [-0.05, 0) is 25.0 Å². The van der Waals surface area contributed by atoms with Crippen LogP contribution in [0.3, 0.4) is 0 Å². The Morgan fingerprint density at radius 1 is 1.32 bits per heavy atom. The standard InChI is InChI=1S/C20H21N5O3/c26-12-14-8-13-9-16(17(10-18(13)28-14)24-5-1-2-6-24)23-20(27)15-11-22-25-7-3-4-21-19(15)25/h3-4,7,9-11,14,26H,1-2,5-6,8,12H2,(H,23,27). The number of hydrogen-bond acceptors (Lipinski definition) is 6. The van der Waals surface area contributed by atoms with E-state index in [-0.39, 0.29) is 18.6 Å². The Labute approximate surface area is 161 Å². The molecule has 4 heterocycles. The average molecular weight is 379 g/mol.